The van der Waals surface area contributed by atoms with Crippen molar-refractivity contribution in [1.29, 1.82) is 0 Å². The van der Waals surface area contributed by atoms with Crippen LogP contribution in [0.15, 0.2) is 6.07 Å². The zero-order valence-corrected chi connectivity index (χ0v) is 12.7. The van der Waals surface area contributed by atoms with Gasteiger partial charge in [-0.1, -0.05) is 0 Å². The Hall–Kier alpha value is -2.11. The number of carbonyl (C=O) groups is 1. The van der Waals surface area contributed by atoms with E-state index in [4.69, 9.17) is 5.73 Å². The molecule has 0 unspecified atom stereocenters. The van der Waals surface area contributed by atoms with E-state index >= 15 is 0 Å². The van der Waals surface area contributed by atoms with Crippen molar-refractivity contribution in [2.24, 2.45) is 5.73 Å². The van der Waals surface area contributed by atoms with Crippen LogP contribution in [-0.4, -0.2) is 30.2 Å². The highest BCUT2D eigenvalue weighted by atomic mass is 19.1. The summed E-state index contributed by atoms with van der Waals surface area (Å²) in [6.45, 7) is 4.68. The molecule has 0 aliphatic carbocycles. The van der Waals surface area contributed by atoms with Crippen LogP contribution in [0.4, 0.5) is 14.5 Å². The smallest absolute Gasteiger partial charge is 0.250 e. The number of piperidine rings is 1. The standard InChI is InChI=1S/C16H19F2N3O/c1-8-9(2)20-14-11(16(19)22)7-12(18)15(13(8)14)21-5-3-10(17)4-6-21/h7,10,20H,3-6H2,1-2H3,(H2,19,22). The van der Waals surface area contributed by atoms with Crippen LogP contribution in [0.3, 0.4) is 0 Å². The summed E-state index contributed by atoms with van der Waals surface area (Å²) >= 11 is 0. The molecular weight excluding hydrogens is 288 g/mol. The van der Waals surface area contributed by atoms with Crippen LogP contribution in [0.1, 0.15) is 34.5 Å². The lowest BCUT2D eigenvalue weighted by Gasteiger charge is -2.31. The number of hydrogen-bond donors (Lipinski definition) is 2. The minimum atomic E-state index is -0.825. The molecule has 1 aromatic heterocycles. The van der Waals surface area contributed by atoms with Crippen LogP contribution in [0.25, 0.3) is 10.9 Å². The molecule has 2 aromatic rings. The van der Waals surface area contributed by atoms with E-state index in [0.29, 0.717) is 42.5 Å². The summed E-state index contributed by atoms with van der Waals surface area (Å²) in [5, 5.41) is 0.670. The van der Waals surface area contributed by atoms with E-state index in [1.54, 1.807) is 0 Å². The Bertz CT molecular complexity index is 746. The number of nitrogens with two attached hydrogens (primary N) is 1. The third-order valence-electron chi connectivity index (χ3n) is 4.51. The van der Waals surface area contributed by atoms with Crippen LogP contribution in [0.5, 0.6) is 0 Å². The van der Waals surface area contributed by atoms with Gasteiger partial charge in [0.05, 0.1) is 16.8 Å². The molecule has 1 saturated heterocycles. The van der Waals surface area contributed by atoms with Crippen LogP contribution in [0.2, 0.25) is 0 Å². The number of H-pyrrole nitrogens is 1. The summed E-state index contributed by atoms with van der Waals surface area (Å²) in [6.07, 6.45) is -0.0456. The van der Waals surface area contributed by atoms with Gasteiger partial charge >= 0.3 is 0 Å². The summed E-state index contributed by atoms with van der Waals surface area (Å²) < 4.78 is 28.0. The number of alkyl halides is 1. The van der Waals surface area contributed by atoms with Gasteiger partial charge in [0.15, 0.2) is 0 Å². The van der Waals surface area contributed by atoms with Crippen molar-refractivity contribution in [2.75, 3.05) is 18.0 Å². The minimum Gasteiger partial charge on any atom is -0.368 e. The molecule has 4 nitrogen and oxygen atoms in total. The van der Waals surface area contributed by atoms with Gasteiger partial charge in [-0.25, -0.2) is 8.78 Å². The fourth-order valence-corrected chi connectivity index (χ4v) is 3.18. The van der Waals surface area contributed by atoms with E-state index in [1.807, 2.05) is 18.7 Å². The van der Waals surface area contributed by atoms with Crippen LogP contribution in [0, 0.1) is 19.7 Å². The van der Waals surface area contributed by atoms with Crippen molar-refractivity contribution in [3.63, 3.8) is 0 Å². The summed E-state index contributed by atoms with van der Waals surface area (Å²) in [5.74, 6) is -1.15. The van der Waals surface area contributed by atoms with E-state index in [2.05, 4.69) is 4.98 Å². The molecule has 6 heteroatoms. The number of fused-ring (bicyclic) bond motifs is 1. The van der Waals surface area contributed by atoms with Gasteiger partial charge in [0.25, 0.3) is 5.91 Å². The normalized spacial score (nSPS) is 16.5. The number of aromatic nitrogens is 1. The first-order chi connectivity index (χ1) is 10.4. The Balaban J connectivity index is 2.24. The van der Waals surface area contributed by atoms with E-state index < -0.39 is 17.9 Å². The molecule has 1 aliphatic heterocycles. The molecule has 1 fully saturated rings. The Morgan fingerprint density at radius 2 is 2.00 bits per heavy atom. The molecule has 0 bridgehead atoms. The second kappa shape index (κ2) is 5.26. The molecule has 2 heterocycles. The summed E-state index contributed by atoms with van der Waals surface area (Å²) in [5.41, 5.74) is 8.26. The fraction of sp³-hybridized carbons (Fsp3) is 0.438. The number of hydrogen-bond acceptors (Lipinski definition) is 2. The molecule has 0 saturated carbocycles. The number of benzene rings is 1. The zero-order chi connectivity index (χ0) is 16.0. The molecule has 118 valence electrons. The molecule has 0 atom stereocenters. The lowest BCUT2D eigenvalue weighted by atomic mass is 10.0. The highest BCUT2D eigenvalue weighted by molar-refractivity contribution is 6.10. The third-order valence-corrected chi connectivity index (χ3v) is 4.51. The third kappa shape index (κ3) is 2.23. The van der Waals surface area contributed by atoms with Crippen molar-refractivity contribution in [1.82, 2.24) is 4.98 Å². The molecule has 3 N–H and O–H groups in total. The van der Waals surface area contributed by atoms with Crippen molar-refractivity contribution >= 4 is 22.5 Å². The molecule has 1 amide bonds. The van der Waals surface area contributed by atoms with Gasteiger partial charge in [0.2, 0.25) is 0 Å². The molecule has 0 radical (unpaired) electrons. The van der Waals surface area contributed by atoms with Crippen molar-refractivity contribution in [2.45, 2.75) is 32.9 Å². The maximum atomic E-state index is 14.7. The predicted octanol–water partition coefficient (Wildman–Crippen LogP) is 2.96. The van der Waals surface area contributed by atoms with Crippen molar-refractivity contribution < 1.29 is 13.6 Å². The quantitative estimate of drug-likeness (QED) is 0.896. The minimum absolute atomic E-state index is 0.146. The number of carbonyl (C=O) groups excluding carboxylic acids is 1. The highest BCUT2D eigenvalue weighted by Crippen LogP contribution is 2.37. The predicted molar refractivity (Wildman–Crippen MR) is 82.6 cm³/mol. The van der Waals surface area contributed by atoms with Crippen LogP contribution < -0.4 is 10.6 Å². The fourth-order valence-electron chi connectivity index (χ4n) is 3.18. The van der Waals surface area contributed by atoms with Gasteiger partial charge in [0, 0.05) is 24.2 Å². The molecule has 1 aliphatic rings. The van der Waals surface area contributed by atoms with Crippen molar-refractivity contribution in [3.05, 3.63) is 28.7 Å². The molecular formula is C16H19F2N3O. The van der Waals surface area contributed by atoms with Crippen LogP contribution >= 0.6 is 0 Å². The molecule has 3 rings (SSSR count). The lowest BCUT2D eigenvalue weighted by molar-refractivity contribution is 0.100. The highest BCUT2D eigenvalue weighted by Gasteiger charge is 2.26. The number of aryl methyl sites for hydroxylation is 2. The summed E-state index contributed by atoms with van der Waals surface area (Å²) in [7, 11) is 0. The van der Waals surface area contributed by atoms with Gasteiger partial charge in [-0.15, -0.1) is 0 Å². The van der Waals surface area contributed by atoms with Crippen LogP contribution in [-0.2, 0) is 0 Å². The Morgan fingerprint density at radius 1 is 1.36 bits per heavy atom. The number of aromatic amines is 1. The molecule has 0 spiro atoms. The first-order valence-corrected chi connectivity index (χ1v) is 7.40. The molecule has 22 heavy (non-hydrogen) atoms. The second-order valence-corrected chi connectivity index (χ2v) is 5.91. The van der Waals surface area contributed by atoms with Gasteiger partial charge in [-0.2, -0.15) is 0 Å². The van der Waals surface area contributed by atoms with Gasteiger partial charge < -0.3 is 15.6 Å². The van der Waals surface area contributed by atoms with Gasteiger partial charge in [-0.3, -0.25) is 4.79 Å². The average Bonchev–Trinajstić information content (AvgIpc) is 2.76. The van der Waals surface area contributed by atoms with Crippen molar-refractivity contribution in [3.8, 4) is 0 Å². The number of anilines is 1. The average molecular weight is 307 g/mol. The van der Waals surface area contributed by atoms with E-state index in [0.717, 1.165) is 11.3 Å². The number of halogens is 2. The van der Waals surface area contributed by atoms with E-state index in [9.17, 15) is 13.6 Å². The summed E-state index contributed by atoms with van der Waals surface area (Å²) in [4.78, 5) is 16.6. The second-order valence-electron chi connectivity index (χ2n) is 5.91. The van der Waals surface area contributed by atoms with E-state index in [-0.39, 0.29) is 5.56 Å². The SMILES string of the molecule is Cc1[nH]c2c(C(N)=O)cc(F)c(N3CCC(F)CC3)c2c1C. The van der Waals surface area contributed by atoms with E-state index in [1.165, 1.54) is 6.07 Å². The monoisotopic (exact) mass is 307 g/mol. The van der Waals surface area contributed by atoms with Gasteiger partial charge in [0.1, 0.15) is 12.0 Å². The number of primary amides is 1. The number of rotatable bonds is 2. The number of amides is 1. The molecule has 1 aromatic carbocycles. The largest absolute Gasteiger partial charge is 0.368 e. The maximum absolute atomic E-state index is 14.7. The maximum Gasteiger partial charge on any atom is 0.250 e. The first-order valence-electron chi connectivity index (χ1n) is 7.40. The Labute approximate surface area is 127 Å². The number of nitrogens with zero attached hydrogens (tertiary/aromatic N) is 1. The number of nitrogens with one attached hydrogen (secondary N) is 1. The Morgan fingerprint density at radius 3 is 2.59 bits per heavy atom. The zero-order valence-electron chi connectivity index (χ0n) is 12.7. The lowest BCUT2D eigenvalue weighted by Crippen LogP contribution is -2.35. The van der Waals surface area contributed by atoms with Gasteiger partial charge in [-0.05, 0) is 38.3 Å². The Kier molecular flexibility index (Phi) is 3.54. The summed E-state index contributed by atoms with van der Waals surface area (Å²) in [6, 6.07) is 1.18. The topological polar surface area (TPSA) is 62.1 Å². The first kappa shape index (κ1) is 14.8.